The van der Waals surface area contributed by atoms with Gasteiger partial charge < -0.3 is 4.74 Å². The molecule has 1 aromatic carbocycles. The van der Waals surface area contributed by atoms with Gasteiger partial charge in [0.15, 0.2) is 0 Å². The first-order valence-corrected chi connectivity index (χ1v) is 8.49. The van der Waals surface area contributed by atoms with Gasteiger partial charge in [-0.25, -0.2) is 0 Å². The average Bonchev–Trinajstić information content (AvgIpc) is 2.41. The van der Waals surface area contributed by atoms with Crippen LogP contribution in [0.15, 0.2) is 30.3 Å². The van der Waals surface area contributed by atoms with Gasteiger partial charge in [0.25, 0.3) is 0 Å². The van der Waals surface area contributed by atoms with Gasteiger partial charge in [0, 0.05) is 4.43 Å². The van der Waals surface area contributed by atoms with Crippen molar-refractivity contribution in [1.82, 2.24) is 0 Å². The van der Waals surface area contributed by atoms with E-state index in [2.05, 4.69) is 66.8 Å². The normalized spacial score (nSPS) is 30.1. The Hall–Kier alpha value is -0.0900. The average molecular weight is 358 g/mol. The first-order valence-electron chi connectivity index (χ1n) is 6.97. The van der Waals surface area contributed by atoms with Crippen LogP contribution in [0.2, 0.25) is 0 Å². The second-order valence-electron chi connectivity index (χ2n) is 5.58. The second kappa shape index (κ2) is 6.90. The molecule has 18 heavy (non-hydrogen) atoms. The molecule has 0 saturated heterocycles. The molecule has 1 nitrogen and oxygen atoms in total. The fourth-order valence-corrected chi connectivity index (χ4v) is 3.44. The summed E-state index contributed by atoms with van der Waals surface area (Å²) in [5.41, 5.74) is 1.32. The van der Waals surface area contributed by atoms with E-state index in [1.54, 1.807) is 0 Å². The molecule has 1 fully saturated rings. The standard InChI is InChI=1S/C16H23IO/c1-12-8-9-15(10-13(12)2)18-16(11-17)14-6-4-3-5-7-14/h3-7,12-13,15-16H,8-11H2,1-2H3. The fraction of sp³-hybridized carbons (Fsp3) is 0.625. The highest BCUT2D eigenvalue weighted by Gasteiger charge is 2.27. The zero-order valence-corrected chi connectivity index (χ0v) is 13.5. The maximum atomic E-state index is 6.34. The van der Waals surface area contributed by atoms with Crippen molar-refractivity contribution < 1.29 is 4.74 Å². The molecule has 4 atom stereocenters. The van der Waals surface area contributed by atoms with Crippen LogP contribution in [0.25, 0.3) is 0 Å². The van der Waals surface area contributed by atoms with Gasteiger partial charge in [0.1, 0.15) is 0 Å². The van der Waals surface area contributed by atoms with Gasteiger partial charge in [-0.1, -0.05) is 66.8 Å². The highest BCUT2D eigenvalue weighted by atomic mass is 127. The first-order chi connectivity index (χ1) is 8.70. The van der Waals surface area contributed by atoms with E-state index in [4.69, 9.17) is 4.74 Å². The van der Waals surface area contributed by atoms with Crippen LogP contribution in [0.4, 0.5) is 0 Å². The lowest BCUT2D eigenvalue weighted by molar-refractivity contribution is -0.0377. The number of hydrogen-bond donors (Lipinski definition) is 0. The van der Waals surface area contributed by atoms with Gasteiger partial charge in [-0.15, -0.1) is 0 Å². The third-order valence-corrected chi connectivity index (χ3v) is 5.02. The Labute approximate surface area is 124 Å². The molecule has 1 aliphatic rings. The van der Waals surface area contributed by atoms with E-state index in [1.807, 2.05) is 0 Å². The van der Waals surface area contributed by atoms with Crippen molar-refractivity contribution in [1.29, 1.82) is 0 Å². The molecule has 0 N–H and O–H groups in total. The summed E-state index contributed by atoms with van der Waals surface area (Å²) in [6, 6.07) is 10.6. The minimum atomic E-state index is 0.261. The lowest BCUT2D eigenvalue weighted by Gasteiger charge is -2.34. The number of benzene rings is 1. The topological polar surface area (TPSA) is 9.23 Å². The van der Waals surface area contributed by atoms with Crippen LogP contribution in [-0.2, 0) is 4.74 Å². The molecule has 0 radical (unpaired) electrons. The molecular weight excluding hydrogens is 335 g/mol. The van der Waals surface area contributed by atoms with Crippen molar-refractivity contribution in [2.24, 2.45) is 11.8 Å². The molecule has 0 bridgehead atoms. The van der Waals surface area contributed by atoms with Gasteiger partial charge in [0.2, 0.25) is 0 Å². The quantitative estimate of drug-likeness (QED) is 0.543. The van der Waals surface area contributed by atoms with Gasteiger partial charge in [-0.05, 0) is 36.7 Å². The van der Waals surface area contributed by atoms with Crippen LogP contribution in [0.5, 0.6) is 0 Å². The fourth-order valence-electron chi connectivity index (χ4n) is 2.73. The summed E-state index contributed by atoms with van der Waals surface area (Å²) >= 11 is 2.43. The third kappa shape index (κ3) is 3.70. The number of alkyl halides is 1. The Morgan fingerprint density at radius 3 is 2.50 bits per heavy atom. The van der Waals surface area contributed by atoms with Crippen LogP contribution in [0.1, 0.15) is 44.8 Å². The predicted molar refractivity (Wildman–Crippen MR) is 85.1 cm³/mol. The third-order valence-electron chi connectivity index (χ3n) is 4.22. The van der Waals surface area contributed by atoms with Gasteiger partial charge >= 0.3 is 0 Å². The maximum absolute atomic E-state index is 6.34. The largest absolute Gasteiger partial charge is 0.369 e. The Bertz CT molecular complexity index is 351. The monoisotopic (exact) mass is 358 g/mol. The first kappa shape index (κ1) is 14.3. The zero-order chi connectivity index (χ0) is 13.0. The van der Waals surface area contributed by atoms with Crippen molar-refractivity contribution in [2.45, 2.75) is 45.3 Å². The van der Waals surface area contributed by atoms with Gasteiger partial charge in [0.05, 0.1) is 12.2 Å². The molecular formula is C16H23IO. The SMILES string of the molecule is CC1CCC(OC(CI)c2ccccc2)CC1C. The van der Waals surface area contributed by atoms with Crippen molar-refractivity contribution >= 4 is 22.6 Å². The molecule has 0 heterocycles. The lowest BCUT2D eigenvalue weighted by atomic mass is 9.80. The van der Waals surface area contributed by atoms with E-state index < -0.39 is 0 Å². The summed E-state index contributed by atoms with van der Waals surface area (Å²) in [4.78, 5) is 0. The predicted octanol–water partition coefficient (Wildman–Crippen LogP) is 5.00. The second-order valence-corrected chi connectivity index (χ2v) is 6.46. The van der Waals surface area contributed by atoms with Crippen molar-refractivity contribution in [2.75, 3.05) is 4.43 Å². The molecule has 0 aromatic heterocycles. The zero-order valence-electron chi connectivity index (χ0n) is 11.3. The smallest absolute Gasteiger partial charge is 0.0918 e. The number of ether oxygens (including phenoxy) is 1. The number of halogens is 1. The summed E-state index contributed by atoms with van der Waals surface area (Å²) in [5.74, 6) is 1.66. The summed E-state index contributed by atoms with van der Waals surface area (Å²) in [7, 11) is 0. The number of hydrogen-bond acceptors (Lipinski definition) is 1. The minimum absolute atomic E-state index is 0.261. The van der Waals surface area contributed by atoms with E-state index in [-0.39, 0.29) is 6.10 Å². The Morgan fingerprint density at radius 1 is 1.17 bits per heavy atom. The number of rotatable bonds is 4. The molecule has 100 valence electrons. The molecule has 0 amide bonds. The Balaban J connectivity index is 1.95. The van der Waals surface area contributed by atoms with E-state index in [0.717, 1.165) is 16.3 Å². The molecule has 1 saturated carbocycles. The van der Waals surface area contributed by atoms with Crippen LogP contribution in [0, 0.1) is 11.8 Å². The molecule has 1 aliphatic carbocycles. The molecule has 4 unspecified atom stereocenters. The van der Waals surface area contributed by atoms with E-state index >= 15 is 0 Å². The highest BCUT2D eigenvalue weighted by molar-refractivity contribution is 14.1. The van der Waals surface area contributed by atoms with Gasteiger partial charge in [-0.2, -0.15) is 0 Å². The van der Waals surface area contributed by atoms with Crippen LogP contribution >= 0.6 is 22.6 Å². The van der Waals surface area contributed by atoms with Gasteiger partial charge in [-0.3, -0.25) is 0 Å². The molecule has 0 aliphatic heterocycles. The Morgan fingerprint density at radius 2 is 1.89 bits per heavy atom. The molecule has 2 rings (SSSR count). The lowest BCUT2D eigenvalue weighted by Crippen LogP contribution is -2.28. The van der Waals surface area contributed by atoms with E-state index in [1.165, 1.54) is 24.8 Å². The van der Waals surface area contributed by atoms with Crippen molar-refractivity contribution in [3.05, 3.63) is 35.9 Å². The molecule has 2 heteroatoms. The van der Waals surface area contributed by atoms with E-state index in [9.17, 15) is 0 Å². The maximum Gasteiger partial charge on any atom is 0.0918 e. The highest BCUT2D eigenvalue weighted by Crippen LogP contribution is 2.34. The Kier molecular flexibility index (Phi) is 5.49. The summed E-state index contributed by atoms with van der Waals surface area (Å²) in [6.45, 7) is 4.73. The summed E-state index contributed by atoms with van der Waals surface area (Å²) in [5, 5.41) is 0. The van der Waals surface area contributed by atoms with Crippen molar-refractivity contribution in [3.63, 3.8) is 0 Å². The molecule has 1 aromatic rings. The van der Waals surface area contributed by atoms with Crippen LogP contribution < -0.4 is 0 Å². The van der Waals surface area contributed by atoms with E-state index in [0.29, 0.717) is 6.10 Å². The minimum Gasteiger partial charge on any atom is -0.369 e. The van der Waals surface area contributed by atoms with Crippen LogP contribution in [-0.4, -0.2) is 10.5 Å². The van der Waals surface area contributed by atoms with Crippen LogP contribution in [0.3, 0.4) is 0 Å². The summed E-state index contributed by atoms with van der Waals surface area (Å²) in [6.07, 6.45) is 4.48. The molecule has 0 spiro atoms. The van der Waals surface area contributed by atoms with Crippen molar-refractivity contribution in [3.8, 4) is 0 Å². The summed E-state index contributed by atoms with van der Waals surface area (Å²) < 4.78 is 7.37.